The summed E-state index contributed by atoms with van der Waals surface area (Å²) in [6.07, 6.45) is 0. The smallest absolute Gasteiger partial charge is 0.343 e. The molecule has 0 amide bonds. The number of aromatic nitrogens is 3. The Balaban J connectivity index is 2.91. The average molecular weight is 273 g/mol. The SMILES string of the molecule is CC(C)C(C)(C)Cn1c(SCC(=O)O)n[nH]c1=O. The molecule has 0 unspecified atom stereocenters. The fourth-order valence-electron chi connectivity index (χ4n) is 1.27. The topological polar surface area (TPSA) is 88.0 Å². The molecule has 102 valence electrons. The van der Waals surface area contributed by atoms with Crippen LogP contribution >= 0.6 is 11.8 Å². The number of hydrogen-bond donors (Lipinski definition) is 2. The number of aromatic amines is 1. The minimum Gasteiger partial charge on any atom is -0.481 e. The van der Waals surface area contributed by atoms with Gasteiger partial charge in [-0.1, -0.05) is 39.5 Å². The summed E-state index contributed by atoms with van der Waals surface area (Å²) in [7, 11) is 0. The van der Waals surface area contributed by atoms with Crippen LogP contribution < -0.4 is 5.69 Å². The van der Waals surface area contributed by atoms with Crippen molar-refractivity contribution in [1.29, 1.82) is 0 Å². The van der Waals surface area contributed by atoms with Crippen molar-refractivity contribution in [3.63, 3.8) is 0 Å². The van der Waals surface area contributed by atoms with Crippen LogP contribution in [0.3, 0.4) is 0 Å². The predicted molar refractivity (Wildman–Crippen MR) is 69.8 cm³/mol. The van der Waals surface area contributed by atoms with E-state index < -0.39 is 5.97 Å². The molecule has 0 radical (unpaired) electrons. The number of nitrogens with zero attached hydrogens (tertiary/aromatic N) is 2. The lowest BCUT2D eigenvalue weighted by Crippen LogP contribution is -2.31. The normalized spacial score (nSPS) is 12.1. The maximum absolute atomic E-state index is 11.7. The van der Waals surface area contributed by atoms with Crippen molar-refractivity contribution < 1.29 is 9.90 Å². The lowest BCUT2D eigenvalue weighted by molar-refractivity contribution is -0.133. The first kappa shape index (κ1) is 14.8. The van der Waals surface area contributed by atoms with Crippen LogP contribution in [0.1, 0.15) is 27.7 Å². The van der Waals surface area contributed by atoms with Crippen molar-refractivity contribution in [1.82, 2.24) is 14.8 Å². The number of H-pyrrole nitrogens is 1. The molecule has 1 aromatic heterocycles. The van der Waals surface area contributed by atoms with E-state index in [9.17, 15) is 9.59 Å². The second kappa shape index (κ2) is 5.60. The van der Waals surface area contributed by atoms with E-state index in [0.29, 0.717) is 17.6 Å². The summed E-state index contributed by atoms with van der Waals surface area (Å²) in [5, 5.41) is 15.3. The summed E-state index contributed by atoms with van der Waals surface area (Å²) in [6.45, 7) is 8.85. The molecule has 0 aromatic carbocycles. The Labute approximate surface area is 110 Å². The van der Waals surface area contributed by atoms with Gasteiger partial charge >= 0.3 is 11.7 Å². The number of rotatable bonds is 6. The molecule has 0 bridgehead atoms. The van der Waals surface area contributed by atoms with Gasteiger partial charge in [-0.15, -0.1) is 5.10 Å². The van der Waals surface area contributed by atoms with Crippen molar-refractivity contribution >= 4 is 17.7 Å². The van der Waals surface area contributed by atoms with Crippen LogP contribution in [-0.2, 0) is 11.3 Å². The largest absolute Gasteiger partial charge is 0.481 e. The van der Waals surface area contributed by atoms with Gasteiger partial charge in [0, 0.05) is 6.54 Å². The minimum atomic E-state index is -0.926. The van der Waals surface area contributed by atoms with E-state index in [-0.39, 0.29) is 16.9 Å². The zero-order chi connectivity index (χ0) is 13.9. The monoisotopic (exact) mass is 273 g/mol. The molecule has 0 aliphatic heterocycles. The summed E-state index contributed by atoms with van der Waals surface area (Å²) in [5.74, 6) is -0.631. The molecule has 7 heteroatoms. The van der Waals surface area contributed by atoms with E-state index in [4.69, 9.17) is 5.11 Å². The van der Waals surface area contributed by atoms with Crippen LogP contribution in [0.15, 0.2) is 9.95 Å². The molecule has 0 spiro atoms. The predicted octanol–water partition coefficient (Wildman–Crippen LogP) is 1.43. The fraction of sp³-hybridized carbons (Fsp3) is 0.727. The van der Waals surface area contributed by atoms with Gasteiger partial charge in [0.25, 0.3) is 0 Å². The molecule has 0 aliphatic carbocycles. The van der Waals surface area contributed by atoms with E-state index in [1.807, 2.05) is 0 Å². The Morgan fingerprint density at radius 3 is 2.67 bits per heavy atom. The molecule has 18 heavy (non-hydrogen) atoms. The molecule has 0 fully saturated rings. The number of nitrogens with one attached hydrogen (secondary N) is 1. The highest BCUT2D eigenvalue weighted by Crippen LogP contribution is 2.28. The highest BCUT2D eigenvalue weighted by Gasteiger charge is 2.25. The third kappa shape index (κ3) is 3.63. The summed E-state index contributed by atoms with van der Waals surface area (Å²) in [5.41, 5.74) is -0.358. The molecular formula is C11H19N3O3S. The number of carboxylic acids is 1. The first-order valence-electron chi connectivity index (χ1n) is 5.74. The van der Waals surface area contributed by atoms with Crippen LogP contribution in [-0.4, -0.2) is 31.6 Å². The van der Waals surface area contributed by atoms with Gasteiger partial charge in [-0.2, -0.15) is 0 Å². The Bertz CT molecular complexity index is 476. The second-order valence-electron chi connectivity index (χ2n) is 5.22. The molecule has 0 atom stereocenters. The van der Waals surface area contributed by atoms with Gasteiger partial charge in [-0.05, 0) is 11.3 Å². The highest BCUT2D eigenvalue weighted by atomic mass is 32.2. The number of hydrogen-bond acceptors (Lipinski definition) is 4. The molecule has 0 saturated heterocycles. The van der Waals surface area contributed by atoms with E-state index in [1.54, 1.807) is 0 Å². The third-order valence-corrected chi connectivity index (χ3v) is 4.14. The van der Waals surface area contributed by atoms with Crippen molar-refractivity contribution in [3.05, 3.63) is 10.5 Å². The van der Waals surface area contributed by atoms with Gasteiger partial charge in [0.2, 0.25) is 0 Å². The van der Waals surface area contributed by atoms with Crippen molar-refractivity contribution in [2.24, 2.45) is 11.3 Å². The maximum Gasteiger partial charge on any atom is 0.343 e. The third-order valence-electron chi connectivity index (χ3n) is 3.18. The van der Waals surface area contributed by atoms with Crippen LogP contribution in [0.5, 0.6) is 0 Å². The second-order valence-corrected chi connectivity index (χ2v) is 6.17. The lowest BCUT2D eigenvalue weighted by Gasteiger charge is -2.29. The lowest BCUT2D eigenvalue weighted by atomic mass is 9.81. The van der Waals surface area contributed by atoms with E-state index >= 15 is 0 Å². The first-order valence-corrected chi connectivity index (χ1v) is 6.72. The van der Waals surface area contributed by atoms with E-state index in [2.05, 4.69) is 37.9 Å². The molecular weight excluding hydrogens is 254 g/mol. The average Bonchev–Trinajstić information content (AvgIpc) is 2.57. The standard InChI is InChI=1S/C11H19N3O3S/c1-7(2)11(3,4)6-14-9(17)12-13-10(14)18-5-8(15)16/h7H,5-6H2,1-4H3,(H,12,17)(H,15,16). The van der Waals surface area contributed by atoms with Gasteiger partial charge in [0.05, 0.1) is 5.75 Å². The first-order chi connectivity index (χ1) is 8.24. The van der Waals surface area contributed by atoms with Crippen molar-refractivity contribution in [3.8, 4) is 0 Å². The quantitative estimate of drug-likeness (QED) is 0.765. The van der Waals surface area contributed by atoms with Crippen molar-refractivity contribution in [2.75, 3.05) is 5.75 Å². The molecule has 2 N–H and O–H groups in total. The molecule has 1 heterocycles. The Kier molecular flexibility index (Phi) is 4.61. The van der Waals surface area contributed by atoms with Gasteiger partial charge < -0.3 is 5.11 Å². The Hall–Kier alpha value is -1.24. The number of carboxylic acid groups (broad SMARTS) is 1. The fourth-order valence-corrected chi connectivity index (χ4v) is 1.94. The van der Waals surface area contributed by atoms with Gasteiger partial charge in [0.15, 0.2) is 5.16 Å². The molecule has 1 rings (SSSR count). The number of carbonyl (C=O) groups is 1. The van der Waals surface area contributed by atoms with Crippen LogP contribution in [0.25, 0.3) is 0 Å². The van der Waals surface area contributed by atoms with E-state index in [0.717, 1.165) is 11.8 Å². The summed E-state index contributed by atoms with van der Waals surface area (Å²) >= 11 is 1.05. The van der Waals surface area contributed by atoms with Gasteiger partial charge in [-0.25, -0.2) is 9.89 Å². The van der Waals surface area contributed by atoms with Gasteiger partial charge in [0.1, 0.15) is 0 Å². The number of aliphatic carboxylic acids is 1. The Morgan fingerprint density at radius 2 is 2.17 bits per heavy atom. The molecule has 6 nitrogen and oxygen atoms in total. The molecule has 1 aromatic rings. The van der Waals surface area contributed by atoms with Crippen LogP contribution in [0.4, 0.5) is 0 Å². The summed E-state index contributed by atoms with van der Waals surface area (Å²) in [4.78, 5) is 22.2. The van der Waals surface area contributed by atoms with Crippen LogP contribution in [0.2, 0.25) is 0 Å². The molecule has 0 saturated carbocycles. The zero-order valence-corrected chi connectivity index (χ0v) is 11.9. The van der Waals surface area contributed by atoms with Crippen molar-refractivity contribution in [2.45, 2.75) is 39.4 Å². The summed E-state index contributed by atoms with van der Waals surface area (Å²) < 4.78 is 1.51. The summed E-state index contributed by atoms with van der Waals surface area (Å²) in [6, 6.07) is 0. The highest BCUT2D eigenvalue weighted by molar-refractivity contribution is 7.99. The number of thioether (sulfide) groups is 1. The van der Waals surface area contributed by atoms with E-state index in [1.165, 1.54) is 4.57 Å². The molecule has 0 aliphatic rings. The van der Waals surface area contributed by atoms with Gasteiger partial charge in [-0.3, -0.25) is 9.36 Å². The Morgan fingerprint density at radius 1 is 1.56 bits per heavy atom. The van der Waals surface area contributed by atoms with Crippen LogP contribution in [0, 0.1) is 11.3 Å². The minimum absolute atomic E-state index is 0.0633. The zero-order valence-electron chi connectivity index (χ0n) is 11.1. The maximum atomic E-state index is 11.7.